The Bertz CT molecular complexity index is 579. The number of nitrogens with zero attached hydrogens (tertiary/aromatic N) is 2. The number of nitrogens with one attached hydrogen (secondary N) is 1. The summed E-state index contributed by atoms with van der Waals surface area (Å²) in [6.07, 6.45) is 4.89. The van der Waals surface area contributed by atoms with Gasteiger partial charge in [0.1, 0.15) is 0 Å². The highest BCUT2D eigenvalue weighted by Crippen LogP contribution is 2.34. The van der Waals surface area contributed by atoms with Gasteiger partial charge in [0.05, 0.1) is 11.2 Å². The summed E-state index contributed by atoms with van der Waals surface area (Å²) in [6.45, 7) is 5.64. The second kappa shape index (κ2) is 4.02. The van der Waals surface area contributed by atoms with Crippen LogP contribution in [0.1, 0.15) is 12.0 Å². The third-order valence-corrected chi connectivity index (χ3v) is 4.26. The molecule has 2 aliphatic rings. The van der Waals surface area contributed by atoms with Gasteiger partial charge in [-0.05, 0) is 18.4 Å². The molecule has 1 fully saturated rings. The minimum atomic E-state index is 1.10. The molecule has 2 aliphatic heterocycles. The molecule has 3 heteroatoms. The number of piperazine rings is 1. The molecule has 0 atom stereocenters. The van der Waals surface area contributed by atoms with E-state index in [1.165, 1.54) is 41.5 Å². The van der Waals surface area contributed by atoms with Crippen molar-refractivity contribution in [2.45, 2.75) is 19.4 Å². The Morgan fingerprint density at radius 3 is 2.83 bits per heavy atom. The van der Waals surface area contributed by atoms with E-state index in [4.69, 9.17) is 0 Å². The van der Waals surface area contributed by atoms with Crippen LogP contribution in [-0.2, 0) is 13.0 Å². The van der Waals surface area contributed by atoms with Crippen molar-refractivity contribution in [2.24, 2.45) is 0 Å². The molecule has 0 aliphatic carbocycles. The number of aryl methyl sites for hydroxylation is 2. The summed E-state index contributed by atoms with van der Waals surface area (Å²) in [5, 5.41) is 4.88. The van der Waals surface area contributed by atoms with Gasteiger partial charge in [-0.3, -0.25) is 0 Å². The maximum atomic E-state index is 3.43. The van der Waals surface area contributed by atoms with Crippen LogP contribution in [0.25, 0.3) is 10.9 Å². The highest BCUT2D eigenvalue weighted by Gasteiger charge is 2.20. The summed E-state index contributed by atoms with van der Waals surface area (Å²) < 4.78 is 2.46. The van der Waals surface area contributed by atoms with Crippen molar-refractivity contribution in [3.63, 3.8) is 0 Å². The lowest BCUT2D eigenvalue weighted by Gasteiger charge is -2.28. The van der Waals surface area contributed by atoms with E-state index in [0.717, 1.165) is 26.2 Å². The predicted molar refractivity (Wildman–Crippen MR) is 75.3 cm³/mol. The van der Waals surface area contributed by atoms with Gasteiger partial charge in [0.25, 0.3) is 0 Å². The van der Waals surface area contributed by atoms with Crippen molar-refractivity contribution in [2.75, 3.05) is 31.1 Å². The van der Waals surface area contributed by atoms with Gasteiger partial charge in [0, 0.05) is 44.3 Å². The van der Waals surface area contributed by atoms with Crippen molar-refractivity contribution < 1.29 is 0 Å². The van der Waals surface area contributed by atoms with Crippen LogP contribution in [0.4, 0.5) is 5.69 Å². The Kier molecular flexibility index (Phi) is 2.33. The molecule has 0 radical (unpaired) electrons. The van der Waals surface area contributed by atoms with Gasteiger partial charge < -0.3 is 14.8 Å². The first-order valence-electron chi connectivity index (χ1n) is 7.00. The third-order valence-electron chi connectivity index (χ3n) is 4.26. The SMILES string of the molecule is c1cc2c3c(c1)c(N1CCNCC1)cn3CCC2. The third kappa shape index (κ3) is 1.47. The molecule has 3 heterocycles. The second-order valence-electron chi connectivity index (χ2n) is 5.36. The quantitative estimate of drug-likeness (QED) is 0.824. The molecular formula is C15H19N3. The van der Waals surface area contributed by atoms with Crippen molar-refractivity contribution in [3.8, 4) is 0 Å². The van der Waals surface area contributed by atoms with Crippen LogP contribution in [0.15, 0.2) is 24.4 Å². The fourth-order valence-electron chi connectivity index (χ4n) is 3.39. The summed E-state index contributed by atoms with van der Waals surface area (Å²) in [4.78, 5) is 2.53. The minimum absolute atomic E-state index is 1.10. The maximum Gasteiger partial charge on any atom is 0.0627 e. The highest BCUT2D eigenvalue weighted by atomic mass is 15.2. The van der Waals surface area contributed by atoms with Gasteiger partial charge >= 0.3 is 0 Å². The number of rotatable bonds is 1. The Morgan fingerprint density at radius 1 is 1.06 bits per heavy atom. The molecular weight excluding hydrogens is 222 g/mol. The standard InChI is InChI=1S/C15H19N3/c1-3-12-4-2-8-18-11-14(13(5-1)15(12)18)17-9-6-16-7-10-17/h1,3,5,11,16H,2,4,6-10H2. The topological polar surface area (TPSA) is 20.2 Å². The van der Waals surface area contributed by atoms with Crippen LogP contribution >= 0.6 is 0 Å². The molecule has 1 aromatic carbocycles. The maximum absolute atomic E-state index is 3.43. The average Bonchev–Trinajstić information content (AvgIpc) is 2.82. The zero-order valence-electron chi connectivity index (χ0n) is 10.7. The summed E-state index contributed by atoms with van der Waals surface area (Å²) in [5.41, 5.74) is 4.45. The van der Waals surface area contributed by atoms with Crippen LogP contribution in [0.3, 0.4) is 0 Å². The molecule has 0 spiro atoms. The van der Waals surface area contributed by atoms with E-state index in [2.05, 4.69) is 39.2 Å². The van der Waals surface area contributed by atoms with E-state index in [-0.39, 0.29) is 0 Å². The fourth-order valence-corrected chi connectivity index (χ4v) is 3.39. The minimum Gasteiger partial charge on any atom is -0.367 e. The van der Waals surface area contributed by atoms with E-state index >= 15 is 0 Å². The van der Waals surface area contributed by atoms with Crippen LogP contribution in [0.2, 0.25) is 0 Å². The molecule has 18 heavy (non-hydrogen) atoms. The Balaban J connectivity index is 1.89. The molecule has 0 unspecified atom stereocenters. The fraction of sp³-hybridized carbons (Fsp3) is 0.467. The zero-order valence-corrected chi connectivity index (χ0v) is 10.7. The second-order valence-corrected chi connectivity index (χ2v) is 5.36. The average molecular weight is 241 g/mol. The monoisotopic (exact) mass is 241 g/mol. The van der Waals surface area contributed by atoms with Gasteiger partial charge in [-0.1, -0.05) is 18.2 Å². The number of hydrogen-bond donors (Lipinski definition) is 1. The number of aromatic nitrogens is 1. The molecule has 4 rings (SSSR count). The van der Waals surface area contributed by atoms with Crippen molar-refractivity contribution in [1.29, 1.82) is 0 Å². The molecule has 1 N–H and O–H groups in total. The van der Waals surface area contributed by atoms with Gasteiger partial charge in [0.15, 0.2) is 0 Å². The summed E-state index contributed by atoms with van der Waals surface area (Å²) >= 11 is 0. The van der Waals surface area contributed by atoms with Crippen LogP contribution in [-0.4, -0.2) is 30.7 Å². The van der Waals surface area contributed by atoms with Crippen LogP contribution < -0.4 is 10.2 Å². The van der Waals surface area contributed by atoms with E-state index in [1.54, 1.807) is 0 Å². The van der Waals surface area contributed by atoms with E-state index in [1.807, 2.05) is 0 Å². The van der Waals surface area contributed by atoms with Crippen molar-refractivity contribution in [3.05, 3.63) is 30.0 Å². The summed E-state index contributed by atoms with van der Waals surface area (Å²) in [6, 6.07) is 6.80. The predicted octanol–water partition coefficient (Wildman–Crippen LogP) is 2.00. The van der Waals surface area contributed by atoms with Gasteiger partial charge in [-0.2, -0.15) is 0 Å². The lowest BCUT2D eigenvalue weighted by atomic mass is 10.0. The van der Waals surface area contributed by atoms with Gasteiger partial charge in [-0.15, -0.1) is 0 Å². The number of benzene rings is 1. The molecule has 1 saturated heterocycles. The molecule has 94 valence electrons. The summed E-state index contributed by atoms with van der Waals surface area (Å²) in [7, 11) is 0. The molecule has 0 saturated carbocycles. The summed E-state index contributed by atoms with van der Waals surface area (Å²) in [5.74, 6) is 0. The lowest BCUT2D eigenvalue weighted by molar-refractivity contribution is 0.588. The van der Waals surface area contributed by atoms with Crippen LogP contribution in [0.5, 0.6) is 0 Å². The highest BCUT2D eigenvalue weighted by molar-refractivity contribution is 5.95. The lowest BCUT2D eigenvalue weighted by Crippen LogP contribution is -2.43. The first-order chi connectivity index (χ1) is 8.93. The van der Waals surface area contributed by atoms with Gasteiger partial charge in [-0.25, -0.2) is 0 Å². The number of anilines is 1. The molecule has 2 aromatic rings. The number of para-hydroxylation sites is 1. The molecule has 3 nitrogen and oxygen atoms in total. The first kappa shape index (κ1) is 10.4. The smallest absolute Gasteiger partial charge is 0.0627 e. The van der Waals surface area contributed by atoms with Gasteiger partial charge in [0.2, 0.25) is 0 Å². The van der Waals surface area contributed by atoms with E-state index in [9.17, 15) is 0 Å². The van der Waals surface area contributed by atoms with Crippen LogP contribution in [0, 0.1) is 0 Å². The van der Waals surface area contributed by atoms with Crippen molar-refractivity contribution in [1.82, 2.24) is 9.88 Å². The largest absolute Gasteiger partial charge is 0.367 e. The first-order valence-corrected chi connectivity index (χ1v) is 7.00. The Hall–Kier alpha value is -1.48. The zero-order chi connectivity index (χ0) is 11.9. The normalized spacial score (nSPS) is 19.4. The molecule has 0 bridgehead atoms. The number of hydrogen-bond acceptors (Lipinski definition) is 2. The van der Waals surface area contributed by atoms with Crippen molar-refractivity contribution >= 4 is 16.6 Å². The molecule has 1 aromatic heterocycles. The van der Waals surface area contributed by atoms with E-state index in [0.29, 0.717) is 0 Å². The Labute approximate surface area is 107 Å². The van der Waals surface area contributed by atoms with E-state index < -0.39 is 0 Å². The molecule has 0 amide bonds. The Morgan fingerprint density at radius 2 is 1.94 bits per heavy atom.